The number of rotatable bonds is 12. The molecule has 252 valence electrons. The van der Waals surface area contributed by atoms with Crippen molar-refractivity contribution in [3.8, 4) is 17.2 Å². The first-order valence-corrected chi connectivity index (χ1v) is 16.5. The van der Waals surface area contributed by atoms with Crippen molar-refractivity contribution in [2.45, 2.75) is 102 Å². The highest BCUT2D eigenvalue weighted by Gasteiger charge is 2.54. The predicted molar refractivity (Wildman–Crippen MR) is 177 cm³/mol. The Kier molecular flexibility index (Phi) is 12.0. The molecule has 1 atom stereocenters. The number of carbonyl (C=O) groups is 3. The monoisotopic (exact) mass is 657 g/mol. The number of piperazine rings is 1. The number of hydrogen-bond acceptors (Lipinski definition) is 7. The minimum Gasteiger partial charge on any atom is -0.490 e. The SMILES string of the molecule is CCCCN1C(=O)[C@@H](CC2(O)CCCCC2)NC(=O)C12CCN(Cc1ccc(Oc3ccc(C(=O)O)cc3OCC)cc1)CC2.Cl. The van der Waals surface area contributed by atoms with Crippen LogP contribution in [0.3, 0.4) is 0 Å². The van der Waals surface area contributed by atoms with E-state index >= 15 is 0 Å². The summed E-state index contributed by atoms with van der Waals surface area (Å²) in [5.74, 6) is 0.273. The normalized spacial score (nSPS) is 20.9. The molecule has 0 radical (unpaired) electrons. The number of halogens is 1. The van der Waals surface area contributed by atoms with Crippen LogP contribution in [0.15, 0.2) is 42.5 Å². The van der Waals surface area contributed by atoms with E-state index in [0.29, 0.717) is 82.1 Å². The lowest BCUT2D eigenvalue weighted by molar-refractivity contribution is -0.163. The van der Waals surface area contributed by atoms with Gasteiger partial charge in [-0.1, -0.05) is 44.7 Å². The van der Waals surface area contributed by atoms with Crippen LogP contribution in [0.25, 0.3) is 0 Å². The fraction of sp³-hybridized carbons (Fsp3) is 0.571. The van der Waals surface area contributed by atoms with Crippen molar-refractivity contribution >= 4 is 30.2 Å². The standard InChI is InChI=1S/C35H47N3O7.ClH/c1-3-5-19-38-31(39)28(23-34(43)15-7-6-8-16-34)36-33(42)35(38)17-20-37(21-18-35)24-25-9-12-27(13-10-25)45-29-14-11-26(32(40)41)22-30(29)44-4-2;/h9-14,22,28,43H,3-8,15-21,23-24H2,1-2H3,(H,36,42)(H,40,41);1H/t28-;/m1./s1. The number of aliphatic hydroxyl groups is 1. The van der Waals surface area contributed by atoms with Crippen molar-refractivity contribution in [1.82, 2.24) is 15.1 Å². The molecule has 3 fully saturated rings. The first-order valence-electron chi connectivity index (χ1n) is 16.5. The second-order valence-corrected chi connectivity index (χ2v) is 12.8. The van der Waals surface area contributed by atoms with E-state index in [1.54, 1.807) is 6.07 Å². The summed E-state index contributed by atoms with van der Waals surface area (Å²) in [6.07, 6.45) is 7.59. The summed E-state index contributed by atoms with van der Waals surface area (Å²) in [5.41, 5.74) is -0.503. The van der Waals surface area contributed by atoms with Gasteiger partial charge in [0, 0.05) is 32.6 Å². The van der Waals surface area contributed by atoms with E-state index in [0.717, 1.165) is 37.7 Å². The van der Waals surface area contributed by atoms with Crippen LogP contribution in [0.5, 0.6) is 17.2 Å². The molecule has 2 aromatic carbocycles. The van der Waals surface area contributed by atoms with Gasteiger partial charge in [0.25, 0.3) is 0 Å². The number of amides is 2. The van der Waals surface area contributed by atoms with Gasteiger partial charge in [-0.25, -0.2) is 4.79 Å². The summed E-state index contributed by atoms with van der Waals surface area (Å²) in [6, 6.07) is 11.6. The molecule has 2 aliphatic heterocycles. The molecular weight excluding hydrogens is 610 g/mol. The third-order valence-corrected chi connectivity index (χ3v) is 9.64. The van der Waals surface area contributed by atoms with Gasteiger partial charge in [-0.15, -0.1) is 12.4 Å². The van der Waals surface area contributed by atoms with Gasteiger partial charge in [-0.2, -0.15) is 0 Å². The number of aromatic carboxylic acids is 1. The van der Waals surface area contributed by atoms with Crippen LogP contribution in [0.1, 0.15) is 94.0 Å². The average Bonchev–Trinajstić information content (AvgIpc) is 3.03. The van der Waals surface area contributed by atoms with Crippen molar-refractivity contribution in [3.63, 3.8) is 0 Å². The van der Waals surface area contributed by atoms with Gasteiger partial charge in [0.1, 0.15) is 17.3 Å². The Bertz CT molecular complexity index is 1350. The summed E-state index contributed by atoms with van der Waals surface area (Å²) in [6.45, 7) is 6.93. The maximum absolute atomic E-state index is 13.8. The molecule has 2 saturated heterocycles. The quantitative estimate of drug-likeness (QED) is 0.271. The van der Waals surface area contributed by atoms with Crippen molar-refractivity contribution in [3.05, 3.63) is 53.6 Å². The molecule has 3 N–H and O–H groups in total. The Balaban J connectivity index is 0.00000480. The van der Waals surface area contributed by atoms with Crippen LogP contribution in [0, 0.1) is 0 Å². The summed E-state index contributed by atoms with van der Waals surface area (Å²) in [4.78, 5) is 43.1. The molecule has 2 aromatic rings. The van der Waals surface area contributed by atoms with E-state index in [-0.39, 0.29) is 29.8 Å². The maximum Gasteiger partial charge on any atom is 0.335 e. The van der Waals surface area contributed by atoms with Crippen LogP contribution in [-0.2, 0) is 16.1 Å². The Morgan fingerprint density at radius 3 is 2.30 bits per heavy atom. The van der Waals surface area contributed by atoms with Gasteiger partial charge < -0.3 is 29.9 Å². The van der Waals surface area contributed by atoms with E-state index in [1.165, 1.54) is 12.1 Å². The summed E-state index contributed by atoms with van der Waals surface area (Å²) in [5, 5.41) is 23.5. The van der Waals surface area contributed by atoms with Crippen LogP contribution in [0.4, 0.5) is 0 Å². The van der Waals surface area contributed by atoms with Gasteiger partial charge in [0.2, 0.25) is 11.8 Å². The highest BCUT2D eigenvalue weighted by atomic mass is 35.5. The van der Waals surface area contributed by atoms with Crippen LogP contribution < -0.4 is 14.8 Å². The minimum atomic E-state index is -1.03. The van der Waals surface area contributed by atoms with E-state index in [2.05, 4.69) is 17.1 Å². The maximum atomic E-state index is 13.8. The largest absolute Gasteiger partial charge is 0.490 e. The van der Waals surface area contributed by atoms with E-state index in [1.807, 2.05) is 36.1 Å². The average molecular weight is 658 g/mol. The molecule has 5 rings (SSSR count). The van der Waals surface area contributed by atoms with Gasteiger partial charge in [0.15, 0.2) is 11.5 Å². The molecular formula is C35H48ClN3O7. The molecule has 1 aliphatic carbocycles. The van der Waals surface area contributed by atoms with E-state index < -0.39 is 23.2 Å². The fourth-order valence-electron chi connectivity index (χ4n) is 7.07. The summed E-state index contributed by atoms with van der Waals surface area (Å²) < 4.78 is 11.6. The van der Waals surface area contributed by atoms with Crippen molar-refractivity contribution < 1.29 is 34.1 Å². The molecule has 2 amide bonds. The predicted octanol–water partition coefficient (Wildman–Crippen LogP) is 5.54. The highest BCUT2D eigenvalue weighted by Crippen LogP contribution is 2.38. The van der Waals surface area contributed by atoms with Gasteiger partial charge in [-0.05, 0) is 74.9 Å². The minimum absolute atomic E-state index is 0. The first-order chi connectivity index (χ1) is 21.7. The Morgan fingerprint density at radius 1 is 0.978 bits per heavy atom. The molecule has 0 aromatic heterocycles. The number of ether oxygens (including phenoxy) is 2. The third kappa shape index (κ3) is 7.96. The second kappa shape index (κ2) is 15.5. The van der Waals surface area contributed by atoms with Crippen molar-refractivity contribution in [1.29, 1.82) is 0 Å². The zero-order valence-corrected chi connectivity index (χ0v) is 27.8. The van der Waals surface area contributed by atoms with Crippen LogP contribution in [-0.4, -0.2) is 81.2 Å². The number of unbranched alkanes of at least 4 members (excludes halogenated alkanes) is 1. The van der Waals surface area contributed by atoms with Crippen LogP contribution >= 0.6 is 12.4 Å². The summed E-state index contributed by atoms with van der Waals surface area (Å²) >= 11 is 0. The highest BCUT2D eigenvalue weighted by molar-refractivity contribution is 6.00. The Hall–Kier alpha value is -3.34. The number of carboxylic acid groups (broad SMARTS) is 1. The second-order valence-electron chi connectivity index (χ2n) is 12.8. The number of likely N-dealkylation sites (tertiary alicyclic amines) is 1. The summed E-state index contributed by atoms with van der Waals surface area (Å²) in [7, 11) is 0. The lowest BCUT2D eigenvalue weighted by Gasteiger charge is -2.52. The van der Waals surface area contributed by atoms with E-state index in [9.17, 15) is 24.6 Å². The number of piperidine rings is 1. The van der Waals surface area contributed by atoms with Gasteiger partial charge >= 0.3 is 5.97 Å². The van der Waals surface area contributed by atoms with E-state index in [4.69, 9.17) is 9.47 Å². The zero-order chi connectivity index (χ0) is 32.0. The number of carbonyl (C=O) groups excluding carboxylic acids is 2. The lowest BCUT2D eigenvalue weighted by atomic mass is 9.77. The molecule has 46 heavy (non-hydrogen) atoms. The lowest BCUT2D eigenvalue weighted by Crippen LogP contribution is -2.73. The number of carboxylic acids is 1. The zero-order valence-electron chi connectivity index (χ0n) is 27.0. The number of nitrogens with one attached hydrogen (secondary N) is 1. The van der Waals surface area contributed by atoms with Gasteiger partial charge in [0.05, 0.1) is 17.8 Å². The molecule has 1 saturated carbocycles. The molecule has 10 nitrogen and oxygen atoms in total. The molecule has 11 heteroatoms. The first kappa shape index (κ1) is 35.5. The molecule has 0 bridgehead atoms. The molecule has 0 unspecified atom stereocenters. The van der Waals surface area contributed by atoms with Gasteiger partial charge in [-0.3, -0.25) is 14.5 Å². The number of nitrogens with zero attached hydrogens (tertiary/aromatic N) is 2. The number of benzene rings is 2. The van der Waals surface area contributed by atoms with Crippen molar-refractivity contribution in [2.75, 3.05) is 26.2 Å². The Morgan fingerprint density at radius 2 is 1.67 bits per heavy atom. The topological polar surface area (TPSA) is 129 Å². The number of hydrogen-bond donors (Lipinski definition) is 3. The smallest absolute Gasteiger partial charge is 0.335 e. The molecule has 2 heterocycles. The van der Waals surface area contributed by atoms with Crippen LogP contribution in [0.2, 0.25) is 0 Å². The Labute approximate surface area is 277 Å². The fourth-order valence-corrected chi connectivity index (χ4v) is 7.07. The molecule has 3 aliphatic rings. The molecule has 1 spiro atoms. The van der Waals surface area contributed by atoms with Crippen molar-refractivity contribution in [2.24, 2.45) is 0 Å². The third-order valence-electron chi connectivity index (χ3n) is 9.64.